The van der Waals surface area contributed by atoms with Crippen molar-refractivity contribution >= 4 is 23.5 Å². The molecule has 0 atom stereocenters. The molecular formula is C15H15ClNO4-. The standard InChI is InChI=1S/C15H16ClNO4/c16-12-3-1-11(2-4-12)15(21)7-9-17(10-8-15)13(18)5-6-14(19)20/h1-6,21H,7-10H2,(H,19,20)/p-1/b6-5-. The maximum absolute atomic E-state index is 11.7. The summed E-state index contributed by atoms with van der Waals surface area (Å²) in [7, 11) is 0. The van der Waals surface area contributed by atoms with Crippen molar-refractivity contribution in [2.75, 3.05) is 13.1 Å². The summed E-state index contributed by atoms with van der Waals surface area (Å²) < 4.78 is 0. The summed E-state index contributed by atoms with van der Waals surface area (Å²) in [5, 5.41) is 21.5. The van der Waals surface area contributed by atoms with Crippen molar-refractivity contribution in [3.05, 3.63) is 47.0 Å². The lowest BCUT2D eigenvalue weighted by Crippen LogP contribution is -2.44. The van der Waals surface area contributed by atoms with Crippen molar-refractivity contribution in [1.82, 2.24) is 4.90 Å². The molecule has 1 aromatic carbocycles. The van der Waals surface area contributed by atoms with E-state index in [1.807, 2.05) is 0 Å². The van der Waals surface area contributed by atoms with Gasteiger partial charge in [0, 0.05) is 24.2 Å². The first kappa shape index (κ1) is 15.5. The Bertz CT molecular complexity index is 560. The molecule has 0 bridgehead atoms. The molecule has 0 spiro atoms. The van der Waals surface area contributed by atoms with Gasteiger partial charge in [0.15, 0.2) is 0 Å². The number of nitrogens with zero attached hydrogens (tertiary/aromatic N) is 1. The Labute approximate surface area is 127 Å². The number of rotatable bonds is 3. The predicted octanol–water partition coefficient (Wildman–Crippen LogP) is 0.456. The maximum Gasteiger partial charge on any atom is 0.246 e. The van der Waals surface area contributed by atoms with Gasteiger partial charge in [0.05, 0.1) is 11.6 Å². The van der Waals surface area contributed by atoms with Crippen molar-refractivity contribution < 1.29 is 19.8 Å². The van der Waals surface area contributed by atoms with Gasteiger partial charge in [-0.25, -0.2) is 0 Å². The lowest BCUT2D eigenvalue weighted by atomic mass is 9.84. The summed E-state index contributed by atoms with van der Waals surface area (Å²) in [5.74, 6) is -1.80. The molecule has 6 heteroatoms. The number of aliphatic hydroxyl groups is 1. The molecule has 1 N–H and O–H groups in total. The van der Waals surface area contributed by atoms with E-state index in [0.29, 0.717) is 37.0 Å². The van der Waals surface area contributed by atoms with Gasteiger partial charge in [-0.2, -0.15) is 0 Å². The van der Waals surface area contributed by atoms with Gasteiger partial charge < -0.3 is 19.9 Å². The van der Waals surface area contributed by atoms with Crippen LogP contribution in [-0.2, 0) is 15.2 Å². The molecule has 0 aromatic heterocycles. The first-order valence-electron chi connectivity index (χ1n) is 6.57. The van der Waals surface area contributed by atoms with E-state index in [-0.39, 0.29) is 0 Å². The van der Waals surface area contributed by atoms with Crippen molar-refractivity contribution in [1.29, 1.82) is 0 Å². The average molecular weight is 309 g/mol. The summed E-state index contributed by atoms with van der Waals surface area (Å²) in [6, 6.07) is 6.98. The van der Waals surface area contributed by atoms with Crippen LogP contribution in [0.5, 0.6) is 0 Å². The molecular weight excluding hydrogens is 294 g/mol. The highest BCUT2D eigenvalue weighted by atomic mass is 35.5. The van der Waals surface area contributed by atoms with Crippen LogP contribution in [0, 0.1) is 0 Å². The minimum atomic E-state index is -1.40. The zero-order valence-electron chi connectivity index (χ0n) is 11.3. The number of carboxylic acid groups (broad SMARTS) is 1. The molecule has 1 amide bonds. The number of carboxylic acids is 1. The molecule has 0 saturated carbocycles. The van der Waals surface area contributed by atoms with E-state index in [0.717, 1.165) is 11.6 Å². The zero-order chi connectivity index (χ0) is 15.5. The van der Waals surface area contributed by atoms with E-state index in [2.05, 4.69) is 0 Å². The number of amides is 1. The summed E-state index contributed by atoms with van der Waals surface area (Å²) in [4.78, 5) is 23.5. The van der Waals surface area contributed by atoms with Gasteiger partial charge in [-0.15, -0.1) is 0 Å². The second kappa shape index (κ2) is 6.28. The van der Waals surface area contributed by atoms with Gasteiger partial charge in [0.2, 0.25) is 5.91 Å². The molecule has 112 valence electrons. The maximum atomic E-state index is 11.7. The van der Waals surface area contributed by atoms with Crippen LogP contribution in [0.25, 0.3) is 0 Å². The largest absolute Gasteiger partial charge is 0.545 e. The summed E-state index contributed by atoms with van der Waals surface area (Å²) >= 11 is 5.83. The Kier molecular flexibility index (Phi) is 4.65. The van der Waals surface area contributed by atoms with E-state index in [9.17, 15) is 19.8 Å². The van der Waals surface area contributed by atoms with Crippen LogP contribution in [-0.4, -0.2) is 35.0 Å². The molecule has 1 aliphatic heterocycles. The number of carbonyl (C=O) groups is 2. The van der Waals surface area contributed by atoms with E-state index in [4.69, 9.17) is 11.6 Å². The van der Waals surface area contributed by atoms with Crippen LogP contribution < -0.4 is 5.11 Å². The number of carbonyl (C=O) groups excluding carboxylic acids is 2. The van der Waals surface area contributed by atoms with Crippen LogP contribution in [0.15, 0.2) is 36.4 Å². The molecule has 21 heavy (non-hydrogen) atoms. The number of halogens is 1. The number of likely N-dealkylation sites (tertiary alicyclic amines) is 1. The highest BCUT2D eigenvalue weighted by Crippen LogP contribution is 2.33. The molecule has 1 saturated heterocycles. The van der Waals surface area contributed by atoms with Crippen LogP contribution in [0.2, 0.25) is 5.02 Å². The predicted molar refractivity (Wildman–Crippen MR) is 75.3 cm³/mol. The Morgan fingerprint density at radius 2 is 1.76 bits per heavy atom. The van der Waals surface area contributed by atoms with Gasteiger partial charge in [0.25, 0.3) is 0 Å². The van der Waals surface area contributed by atoms with Gasteiger partial charge >= 0.3 is 0 Å². The minimum absolute atomic E-state index is 0.356. The van der Waals surface area contributed by atoms with E-state index < -0.39 is 17.5 Å². The van der Waals surface area contributed by atoms with E-state index >= 15 is 0 Å². The van der Waals surface area contributed by atoms with Gasteiger partial charge in [0.1, 0.15) is 0 Å². The lowest BCUT2D eigenvalue weighted by molar-refractivity contribution is -0.297. The summed E-state index contributed by atoms with van der Waals surface area (Å²) in [5.41, 5.74) is -0.219. The highest BCUT2D eigenvalue weighted by Gasteiger charge is 2.34. The Hall–Kier alpha value is -1.85. The first-order valence-corrected chi connectivity index (χ1v) is 6.95. The second-order valence-electron chi connectivity index (χ2n) is 5.02. The molecule has 0 aliphatic carbocycles. The van der Waals surface area contributed by atoms with Gasteiger partial charge in [-0.3, -0.25) is 4.79 Å². The minimum Gasteiger partial charge on any atom is -0.545 e. The third-order valence-electron chi connectivity index (χ3n) is 3.65. The number of piperidine rings is 1. The van der Waals surface area contributed by atoms with E-state index in [1.54, 1.807) is 24.3 Å². The van der Waals surface area contributed by atoms with Crippen molar-refractivity contribution in [3.63, 3.8) is 0 Å². The zero-order valence-corrected chi connectivity index (χ0v) is 12.0. The number of aliphatic carboxylic acids is 1. The molecule has 0 radical (unpaired) electrons. The SMILES string of the molecule is O=C([O-])/C=C\C(=O)N1CCC(O)(c2ccc(Cl)cc2)CC1. The fourth-order valence-corrected chi connectivity index (χ4v) is 2.52. The lowest BCUT2D eigenvalue weighted by Gasteiger charge is -2.38. The molecule has 1 fully saturated rings. The molecule has 1 aromatic rings. The molecule has 2 rings (SSSR count). The summed E-state index contributed by atoms with van der Waals surface area (Å²) in [6.45, 7) is 0.713. The van der Waals surface area contributed by atoms with Crippen molar-refractivity contribution in [3.8, 4) is 0 Å². The number of hydrogen-bond donors (Lipinski definition) is 1. The molecule has 1 heterocycles. The highest BCUT2D eigenvalue weighted by molar-refractivity contribution is 6.30. The smallest absolute Gasteiger partial charge is 0.246 e. The van der Waals surface area contributed by atoms with Crippen molar-refractivity contribution in [2.24, 2.45) is 0 Å². The van der Waals surface area contributed by atoms with E-state index in [1.165, 1.54) is 4.90 Å². The fourth-order valence-electron chi connectivity index (χ4n) is 2.39. The summed E-state index contributed by atoms with van der Waals surface area (Å²) in [6.07, 6.45) is 2.46. The third kappa shape index (κ3) is 3.83. The topological polar surface area (TPSA) is 80.7 Å². The molecule has 5 nitrogen and oxygen atoms in total. The van der Waals surface area contributed by atoms with Crippen LogP contribution in [0.4, 0.5) is 0 Å². The van der Waals surface area contributed by atoms with Crippen molar-refractivity contribution in [2.45, 2.75) is 18.4 Å². The second-order valence-corrected chi connectivity index (χ2v) is 5.45. The monoisotopic (exact) mass is 308 g/mol. The normalized spacial score (nSPS) is 17.9. The van der Waals surface area contributed by atoms with Crippen LogP contribution >= 0.6 is 11.6 Å². The quantitative estimate of drug-likeness (QED) is 0.822. The molecule has 0 unspecified atom stereocenters. The van der Waals surface area contributed by atoms with Gasteiger partial charge in [-0.05, 0) is 36.6 Å². The Morgan fingerprint density at radius 1 is 1.19 bits per heavy atom. The molecule has 1 aliphatic rings. The number of benzene rings is 1. The fraction of sp³-hybridized carbons (Fsp3) is 0.333. The van der Waals surface area contributed by atoms with Crippen LogP contribution in [0.1, 0.15) is 18.4 Å². The van der Waals surface area contributed by atoms with Crippen LogP contribution in [0.3, 0.4) is 0 Å². The third-order valence-corrected chi connectivity index (χ3v) is 3.90. The number of hydrogen-bond acceptors (Lipinski definition) is 4. The Morgan fingerprint density at radius 3 is 2.29 bits per heavy atom. The first-order chi connectivity index (χ1) is 9.90. The Balaban J connectivity index is 2.00. The average Bonchev–Trinajstić information content (AvgIpc) is 2.46. The van der Waals surface area contributed by atoms with Gasteiger partial charge in [-0.1, -0.05) is 23.7 Å².